The molecule has 0 saturated carbocycles. The van der Waals surface area contributed by atoms with E-state index in [1.807, 2.05) is 23.9 Å². The Bertz CT molecular complexity index is 642. The molecule has 2 aromatic carbocycles. The normalized spacial score (nSPS) is 16.7. The molecular formula is C16H15NO2S. The van der Waals surface area contributed by atoms with Gasteiger partial charge in [0.25, 0.3) is 0 Å². The number of para-hydroxylation sites is 1. The van der Waals surface area contributed by atoms with Crippen molar-refractivity contribution in [3.63, 3.8) is 0 Å². The van der Waals surface area contributed by atoms with Crippen LogP contribution in [0, 0.1) is 0 Å². The molecule has 0 bridgehead atoms. The molecule has 1 aliphatic heterocycles. The van der Waals surface area contributed by atoms with Crippen LogP contribution in [0.5, 0.6) is 0 Å². The van der Waals surface area contributed by atoms with Crippen LogP contribution in [0.4, 0.5) is 5.69 Å². The SMILES string of the molecule is Nc1ccccc1C(=O)OCC1CSc2ccccc21. The van der Waals surface area contributed by atoms with E-state index in [9.17, 15) is 4.79 Å². The highest BCUT2D eigenvalue weighted by atomic mass is 32.2. The van der Waals surface area contributed by atoms with Crippen LogP contribution in [-0.2, 0) is 4.74 Å². The van der Waals surface area contributed by atoms with Gasteiger partial charge in [0.2, 0.25) is 0 Å². The first-order valence-electron chi connectivity index (χ1n) is 6.49. The lowest BCUT2D eigenvalue weighted by atomic mass is 10.0. The van der Waals surface area contributed by atoms with Crippen LogP contribution in [-0.4, -0.2) is 18.3 Å². The lowest BCUT2D eigenvalue weighted by molar-refractivity contribution is 0.0488. The number of nitrogen functional groups attached to an aromatic ring is 1. The summed E-state index contributed by atoms with van der Waals surface area (Å²) in [7, 11) is 0. The molecule has 2 N–H and O–H groups in total. The molecule has 0 saturated heterocycles. The van der Waals surface area contributed by atoms with Gasteiger partial charge in [-0.25, -0.2) is 4.79 Å². The second-order valence-corrected chi connectivity index (χ2v) is 5.79. The molecule has 0 aromatic heterocycles. The first kappa shape index (κ1) is 13.1. The van der Waals surface area contributed by atoms with Crippen LogP contribution in [0.15, 0.2) is 53.4 Å². The lowest BCUT2D eigenvalue weighted by Gasteiger charge is -2.12. The number of rotatable bonds is 3. The first-order chi connectivity index (χ1) is 9.75. The number of benzene rings is 2. The number of ether oxygens (including phenoxy) is 1. The van der Waals surface area contributed by atoms with Crippen LogP contribution in [0.2, 0.25) is 0 Å². The number of nitrogens with two attached hydrogens (primary N) is 1. The summed E-state index contributed by atoms with van der Waals surface area (Å²) < 4.78 is 5.42. The zero-order chi connectivity index (χ0) is 13.9. The van der Waals surface area contributed by atoms with E-state index in [0.717, 1.165) is 5.75 Å². The topological polar surface area (TPSA) is 52.3 Å². The number of hydrogen-bond donors (Lipinski definition) is 1. The number of thioether (sulfide) groups is 1. The molecule has 0 aliphatic carbocycles. The fraction of sp³-hybridized carbons (Fsp3) is 0.188. The molecule has 3 rings (SSSR count). The van der Waals surface area contributed by atoms with E-state index in [2.05, 4.69) is 12.1 Å². The van der Waals surface area contributed by atoms with E-state index in [-0.39, 0.29) is 11.9 Å². The summed E-state index contributed by atoms with van der Waals surface area (Å²) in [6, 6.07) is 15.2. The van der Waals surface area contributed by atoms with E-state index >= 15 is 0 Å². The van der Waals surface area contributed by atoms with E-state index in [4.69, 9.17) is 10.5 Å². The van der Waals surface area contributed by atoms with Gasteiger partial charge in [-0.2, -0.15) is 0 Å². The second kappa shape index (κ2) is 5.59. The largest absolute Gasteiger partial charge is 0.461 e. The Morgan fingerprint density at radius 1 is 1.20 bits per heavy atom. The van der Waals surface area contributed by atoms with Gasteiger partial charge in [0.15, 0.2) is 0 Å². The molecule has 102 valence electrons. The first-order valence-corrected chi connectivity index (χ1v) is 7.47. The third kappa shape index (κ3) is 2.51. The van der Waals surface area contributed by atoms with Crippen molar-refractivity contribution in [2.24, 2.45) is 0 Å². The average molecular weight is 285 g/mol. The molecule has 0 fully saturated rings. The standard InChI is InChI=1S/C16H15NO2S/c17-14-7-3-1-6-13(14)16(18)19-9-11-10-20-15-8-4-2-5-12(11)15/h1-8,11H,9-10,17H2. The Labute approximate surface area is 122 Å². The molecule has 0 amide bonds. The van der Waals surface area contributed by atoms with Crippen molar-refractivity contribution < 1.29 is 9.53 Å². The fourth-order valence-corrected chi connectivity index (χ4v) is 3.54. The van der Waals surface area contributed by atoms with Crippen LogP contribution in [0.1, 0.15) is 21.8 Å². The average Bonchev–Trinajstić information content (AvgIpc) is 2.88. The highest BCUT2D eigenvalue weighted by Gasteiger charge is 2.24. The summed E-state index contributed by atoms with van der Waals surface area (Å²) in [4.78, 5) is 13.3. The van der Waals surface area contributed by atoms with E-state index in [1.54, 1.807) is 24.3 Å². The molecule has 2 aromatic rings. The number of hydrogen-bond acceptors (Lipinski definition) is 4. The molecular weight excluding hydrogens is 270 g/mol. The summed E-state index contributed by atoms with van der Waals surface area (Å²) in [5.41, 5.74) is 7.94. The number of carbonyl (C=O) groups is 1. The number of anilines is 1. The molecule has 1 heterocycles. The van der Waals surface area contributed by atoms with Crippen molar-refractivity contribution in [2.75, 3.05) is 18.1 Å². The van der Waals surface area contributed by atoms with E-state index in [1.165, 1.54) is 10.5 Å². The Kier molecular flexibility index (Phi) is 3.65. The Morgan fingerprint density at radius 2 is 1.95 bits per heavy atom. The Hall–Kier alpha value is -1.94. The number of carbonyl (C=O) groups excluding carboxylic acids is 1. The van der Waals surface area contributed by atoms with Crippen LogP contribution in [0.25, 0.3) is 0 Å². The van der Waals surface area contributed by atoms with Crippen molar-refractivity contribution in [3.8, 4) is 0 Å². The second-order valence-electron chi connectivity index (χ2n) is 4.73. The van der Waals surface area contributed by atoms with E-state index < -0.39 is 0 Å². The van der Waals surface area contributed by atoms with Gasteiger partial charge < -0.3 is 10.5 Å². The lowest BCUT2D eigenvalue weighted by Crippen LogP contribution is -2.14. The summed E-state index contributed by atoms with van der Waals surface area (Å²) in [6.07, 6.45) is 0. The number of fused-ring (bicyclic) bond motifs is 1. The van der Waals surface area contributed by atoms with Gasteiger partial charge in [0.05, 0.1) is 12.2 Å². The van der Waals surface area contributed by atoms with Gasteiger partial charge >= 0.3 is 5.97 Å². The molecule has 20 heavy (non-hydrogen) atoms. The summed E-state index contributed by atoms with van der Waals surface area (Å²) in [6.45, 7) is 0.400. The molecule has 0 spiro atoms. The van der Waals surface area contributed by atoms with Crippen molar-refractivity contribution in [1.82, 2.24) is 0 Å². The monoisotopic (exact) mass is 285 g/mol. The zero-order valence-corrected chi connectivity index (χ0v) is 11.7. The quantitative estimate of drug-likeness (QED) is 0.694. The van der Waals surface area contributed by atoms with Gasteiger partial charge in [0.1, 0.15) is 0 Å². The van der Waals surface area contributed by atoms with Crippen LogP contribution in [0.3, 0.4) is 0 Å². The molecule has 1 unspecified atom stereocenters. The molecule has 1 atom stereocenters. The fourth-order valence-electron chi connectivity index (χ4n) is 2.30. The third-order valence-electron chi connectivity index (χ3n) is 3.40. The zero-order valence-electron chi connectivity index (χ0n) is 10.9. The smallest absolute Gasteiger partial charge is 0.340 e. The van der Waals surface area contributed by atoms with Crippen molar-refractivity contribution in [3.05, 3.63) is 59.7 Å². The molecule has 1 aliphatic rings. The highest BCUT2D eigenvalue weighted by molar-refractivity contribution is 7.99. The van der Waals surface area contributed by atoms with Gasteiger partial charge in [-0.15, -0.1) is 11.8 Å². The van der Waals surface area contributed by atoms with Crippen LogP contribution < -0.4 is 5.73 Å². The van der Waals surface area contributed by atoms with Crippen molar-refractivity contribution in [1.29, 1.82) is 0 Å². The van der Waals surface area contributed by atoms with Gasteiger partial charge in [-0.05, 0) is 23.8 Å². The molecule has 4 heteroatoms. The minimum absolute atomic E-state index is 0.269. The molecule has 3 nitrogen and oxygen atoms in total. The highest BCUT2D eigenvalue weighted by Crippen LogP contribution is 2.39. The number of esters is 1. The minimum Gasteiger partial charge on any atom is -0.461 e. The van der Waals surface area contributed by atoms with E-state index in [0.29, 0.717) is 17.9 Å². The predicted molar refractivity (Wildman–Crippen MR) is 81.0 cm³/mol. The third-order valence-corrected chi connectivity index (χ3v) is 4.65. The summed E-state index contributed by atoms with van der Waals surface area (Å²) in [5, 5.41) is 0. The maximum absolute atomic E-state index is 12.0. The maximum Gasteiger partial charge on any atom is 0.340 e. The molecule has 0 radical (unpaired) electrons. The Morgan fingerprint density at radius 3 is 2.80 bits per heavy atom. The van der Waals surface area contributed by atoms with Crippen LogP contribution >= 0.6 is 11.8 Å². The maximum atomic E-state index is 12.0. The predicted octanol–water partition coefficient (Wildman–Crippen LogP) is 3.32. The summed E-state index contributed by atoms with van der Waals surface area (Å²) >= 11 is 1.81. The van der Waals surface area contributed by atoms with Gasteiger partial charge in [0, 0.05) is 22.3 Å². The van der Waals surface area contributed by atoms with Crippen molar-refractivity contribution >= 4 is 23.4 Å². The van der Waals surface area contributed by atoms with Crippen molar-refractivity contribution in [2.45, 2.75) is 10.8 Å². The van der Waals surface area contributed by atoms with Gasteiger partial charge in [-0.1, -0.05) is 30.3 Å². The summed E-state index contributed by atoms with van der Waals surface area (Å²) in [5.74, 6) is 0.874. The minimum atomic E-state index is -0.350. The Balaban J connectivity index is 1.67. The van der Waals surface area contributed by atoms with Gasteiger partial charge in [-0.3, -0.25) is 0 Å².